The van der Waals surface area contributed by atoms with Gasteiger partial charge in [-0.2, -0.15) is 0 Å². The Hall–Kier alpha value is -0.590. The SMILES string of the molecule is CCCC(C)C1CCC2C3=CCC4CCCCC4(C)C3CC(=O)C21C. The number of allylic oxidation sites excluding steroid dienone is 2. The van der Waals surface area contributed by atoms with Gasteiger partial charge in [0.1, 0.15) is 5.78 Å². The van der Waals surface area contributed by atoms with Crippen LogP contribution >= 0.6 is 0 Å². The van der Waals surface area contributed by atoms with Crippen molar-refractivity contribution in [3.05, 3.63) is 11.6 Å². The van der Waals surface area contributed by atoms with E-state index >= 15 is 0 Å². The van der Waals surface area contributed by atoms with Crippen LogP contribution in [0.3, 0.4) is 0 Å². The Bertz CT molecular complexity index is 575. The summed E-state index contributed by atoms with van der Waals surface area (Å²) in [5.41, 5.74) is 2.08. The van der Waals surface area contributed by atoms with E-state index in [1.807, 2.05) is 0 Å². The number of carbonyl (C=O) groups is 1. The molecule has 0 radical (unpaired) electrons. The van der Waals surface area contributed by atoms with Crippen LogP contribution in [-0.4, -0.2) is 5.78 Å². The first-order valence-electron chi connectivity index (χ1n) is 11.2. The first kappa shape index (κ1) is 17.8. The first-order valence-corrected chi connectivity index (χ1v) is 11.2. The molecule has 7 unspecified atom stereocenters. The van der Waals surface area contributed by atoms with Crippen LogP contribution in [0.15, 0.2) is 11.6 Å². The van der Waals surface area contributed by atoms with E-state index in [0.29, 0.717) is 34.9 Å². The van der Waals surface area contributed by atoms with E-state index in [0.717, 1.165) is 12.3 Å². The van der Waals surface area contributed by atoms with Gasteiger partial charge in [-0.15, -0.1) is 0 Å². The van der Waals surface area contributed by atoms with Crippen LogP contribution in [-0.2, 0) is 4.79 Å². The summed E-state index contributed by atoms with van der Waals surface area (Å²) < 4.78 is 0. The topological polar surface area (TPSA) is 17.1 Å². The molecule has 3 fully saturated rings. The lowest BCUT2D eigenvalue weighted by Gasteiger charge is -2.56. The minimum absolute atomic E-state index is 0.0607. The molecule has 0 heterocycles. The van der Waals surface area contributed by atoms with Crippen molar-refractivity contribution in [2.75, 3.05) is 0 Å². The van der Waals surface area contributed by atoms with Crippen molar-refractivity contribution in [3.8, 4) is 0 Å². The van der Waals surface area contributed by atoms with Crippen molar-refractivity contribution in [3.63, 3.8) is 0 Å². The third-order valence-electron chi connectivity index (χ3n) is 9.37. The van der Waals surface area contributed by atoms with E-state index in [-0.39, 0.29) is 5.41 Å². The predicted molar refractivity (Wildman–Crippen MR) is 104 cm³/mol. The molecule has 0 aromatic rings. The molecule has 1 nitrogen and oxygen atoms in total. The highest BCUT2D eigenvalue weighted by Gasteiger charge is 2.61. The Labute approximate surface area is 155 Å². The van der Waals surface area contributed by atoms with E-state index in [1.54, 1.807) is 5.57 Å². The molecule has 140 valence electrons. The quantitative estimate of drug-likeness (QED) is 0.530. The second-order valence-electron chi connectivity index (χ2n) is 10.4. The molecule has 1 heteroatoms. The Morgan fingerprint density at radius 1 is 1.16 bits per heavy atom. The Balaban J connectivity index is 1.68. The third-order valence-corrected chi connectivity index (χ3v) is 9.37. The Morgan fingerprint density at radius 3 is 2.72 bits per heavy atom. The summed E-state index contributed by atoms with van der Waals surface area (Å²) in [7, 11) is 0. The lowest BCUT2D eigenvalue weighted by atomic mass is 9.47. The van der Waals surface area contributed by atoms with Crippen molar-refractivity contribution >= 4 is 5.78 Å². The number of hydrogen-bond acceptors (Lipinski definition) is 1. The standard InChI is InChI=1S/C24H38O/c1-5-8-16(2)19-12-13-20-18-11-10-17-9-6-7-14-23(17,3)21(18)15-22(25)24(19,20)4/h11,16-17,19-21H,5-10,12-15H2,1-4H3. The molecule has 0 saturated heterocycles. The fraction of sp³-hybridized carbons (Fsp3) is 0.875. The highest BCUT2D eigenvalue weighted by atomic mass is 16.1. The van der Waals surface area contributed by atoms with Crippen molar-refractivity contribution < 1.29 is 4.79 Å². The average Bonchev–Trinajstić information content (AvgIpc) is 2.94. The number of carbonyl (C=O) groups excluding carboxylic acids is 1. The van der Waals surface area contributed by atoms with Gasteiger partial charge >= 0.3 is 0 Å². The summed E-state index contributed by atoms with van der Waals surface area (Å²) in [4.78, 5) is 13.6. The smallest absolute Gasteiger partial charge is 0.140 e. The monoisotopic (exact) mass is 342 g/mol. The van der Waals surface area contributed by atoms with Gasteiger partial charge in [-0.3, -0.25) is 4.79 Å². The first-order chi connectivity index (χ1) is 11.9. The number of hydrogen-bond donors (Lipinski definition) is 0. The van der Waals surface area contributed by atoms with Gasteiger partial charge in [-0.25, -0.2) is 0 Å². The molecule has 25 heavy (non-hydrogen) atoms. The molecule has 0 amide bonds. The predicted octanol–water partition coefficient (Wildman–Crippen LogP) is 6.57. The maximum Gasteiger partial charge on any atom is 0.140 e. The number of rotatable bonds is 3. The minimum Gasteiger partial charge on any atom is -0.299 e. The van der Waals surface area contributed by atoms with Gasteiger partial charge in [0.2, 0.25) is 0 Å². The van der Waals surface area contributed by atoms with Gasteiger partial charge < -0.3 is 0 Å². The summed E-state index contributed by atoms with van der Waals surface area (Å²) in [5, 5.41) is 0. The molecule has 4 aliphatic carbocycles. The van der Waals surface area contributed by atoms with Crippen molar-refractivity contribution in [1.29, 1.82) is 0 Å². The van der Waals surface area contributed by atoms with Crippen LogP contribution in [0, 0.1) is 40.4 Å². The van der Waals surface area contributed by atoms with Crippen LogP contribution in [0.2, 0.25) is 0 Å². The summed E-state index contributed by atoms with van der Waals surface area (Å²) >= 11 is 0. The zero-order chi connectivity index (χ0) is 17.8. The van der Waals surface area contributed by atoms with Gasteiger partial charge in [0.25, 0.3) is 0 Å². The average molecular weight is 343 g/mol. The molecule has 4 rings (SSSR count). The number of ketones is 1. The van der Waals surface area contributed by atoms with E-state index < -0.39 is 0 Å². The maximum atomic E-state index is 13.6. The molecule has 3 saturated carbocycles. The number of fused-ring (bicyclic) bond motifs is 5. The van der Waals surface area contributed by atoms with Gasteiger partial charge in [0.15, 0.2) is 0 Å². The van der Waals surface area contributed by atoms with Gasteiger partial charge in [-0.1, -0.05) is 65.0 Å². The highest BCUT2D eigenvalue weighted by Crippen LogP contribution is 2.65. The summed E-state index contributed by atoms with van der Waals surface area (Å²) in [6.07, 6.45) is 15.4. The minimum atomic E-state index is -0.0607. The molecule has 7 atom stereocenters. The second kappa shape index (κ2) is 6.24. The highest BCUT2D eigenvalue weighted by molar-refractivity contribution is 5.88. The Morgan fingerprint density at radius 2 is 1.96 bits per heavy atom. The fourth-order valence-corrected chi connectivity index (χ4v) is 7.87. The molecular formula is C24H38O. The zero-order valence-corrected chi connectivity index (χ0v) is 16.9. The number of Topliss-reactive ketones (excluding diaryl/α,β-unsaturated/α-hetero) is 1. The van der Waals surface area contributed by atoms with Crippen molar-refractivity contribution in [2.45, 2.75) is 91.9 Å². The molecule has 0 N–H and O–H groups in total. The fourth-order valence-electron chi connectivity index (χ4n) is 7.87. The van der Waals surface area contributed by atoms with Crippen LogP contribution in [0.1, 0.15) is 91.9 Å². The molecule has 4 aliphatic rings. The molecule has 0 aliphatic heterocycles. The molecular weight excluding hydrogens is 304 g/mol. The maximum absolute atomic E-state index is 13.6. The molecule has 0 bridgehead atoms. The normalized spacial score (nSPS) is 47.5. The van der Waals surface area contributed by atoms with Crippen molar-refractivity contribution in [2.24, 2.45) is 40.4 Å². The van der Waals surface area contributed by atoms with Gasteiger partial charge in [0.05, 0.1) is 0 Å². The summed E-state index contributed by atoms with van der Waals surface area (Å²) in [6, 6.07) is 0. The van der Waals surface area contributed by atoms with Gasteiger partial charge in [-0.05, 0) is 67.1 Å². The third kappa shape index (κ3) is 2.43. The summed E-state index contributed by atoms with van der Waals surface area (Å²) in [6.45, 7) is 9.60. The molecule has 0 aromatic carbocycles. The van der Waals surface area contributed by atoms with E-state index in [4.69, 9.17) is 0 Å². The largest absolute Gasteiger partial charge is 0.299 e. The Kier molecular flexibility index (Phi) is 4.44. The zero-order valence-electron chi connectivity index (χ0n) is 16.9. The lowest BCUT2D eigenvalue weighted by Crippen LogP contribution is -2.52. The second-order valence-corrected chi connectivity index (χ2v) is 10.4. The van der Waals surface area contributed by atoms with Crippen LogP contribution < -0.4 is 0 Å². The lowest BCUT2D eigenvalue weighted by molar-refractivity contribution is -0.139. The van der Waals surface area contributed by atoms with Crippen molar-refractivity contribution in [1.82, 2.24) is 0 Å². The van der Waals surface area contributed by atoms with E-state index in [1.165, 1.54) is 57.8 Å². The molecule has 0 spiro atoms. The van der Waals surface area contributed by atoms with Crippen LogP contribution in [0.5, 0.6) is 0 Å². The molecule has 0 aromatic heterocycles. The van der Waals surface area contributed by atoms with Crippen LogP contribution in [0.25, 0.3) is 0 Å². The van der Waals surface area contributed by atoms with E-state index in [2.05, 4.69) is 33.8 Å². The van der Waals surface area contributed by atoms with E-state index in [9.17, 15) is 4.79 Å². The van der Waals surface area contributed by atoms with Gasteiger partial charge in [0, 0.05) is 11.8 Å². The summed E-state index contributed by atoms with van der Waals surface area (Å²) in [5.74, 6) is 3.90. The van der Waals surface area contributed by atoms with Crippen LogP contribution in [0.4, 0.5) is 0 Å².